The summed E-state index contributed by atoms with van der Waals surface area (Å²) in [5.74, 6) is -0.390. The van der Waals surface area contributed by atoms with Crippen molar-refractivity contribution in [3.8, 4) is 0 Å². The first-order chi connectivity index (χ1) is 7.69. The van der Waals surface area contributed by atoms with E-state index in [0.29, 0.717) is 12.5 Å². The largest absolute Gasteiger partial charge is 0.481 e. The average molecular weight is 226 g/mol. The van der Waals surface area contributed by atoms with Gasteiger partial charge in [0, 0.05) is 0 Å². The van der Waals surface area contributed by atoms with E-state index in [1.807, 2.05) is 19.1 Å². The van der Waals surface area contributed by atoms with Crippen LogP contribution in [0.25, 0.3) is 0 Å². The smallest absolute Gasteiger partial charge is 0.309 e. The number of hydrogen-bond donors (Lipinski definition) is 1. The van der Waals surface area contributed by atoms with Gasteiger partial charge in [0.15, 0.2) is 0 Å². The van der Waals surface area contributed by atoms with Crippen molar-refractivity contribution >= 4 is 5.97 Å². The Morgan fingerprint density at radius 1 is 1.50 bits per heavy atom. The lowest BCUT2D eigenvalue weighted by atomic mass is 9.78. The van der Waals surface area contributed by atoms with Crippen molar-refractivity contribution in [3.05, 3.63) is 12.2 Å². The molecule has 0 aromatic rings. The first-order valence-electron chi connectivity index (χ1n) is 6.14. The van der Waals surface area contributed by atoms with Gasteiger partial charge in [-0.1, -0.05) is 25.5 Å². The third kappa shape index (κ3) is 3.63. The Balaban J connectivity index is 2.53. The Hall–Kier alpha value is -0.830. The predicted octanol–water partition coefficient (Wildman–Crippen LogP) is 2.86. The van der Waals surface area contributed by atoms with Crippen molar-refractivity contribution in [3.63, 3.8) is 0 Å². The van der Waals surface area contributed by atoms with E-state index in [4.69, 9.17) is 9.84 Å². The summed E-state index contributed by atoms with van der Waals surface area (Å²) in [6.07, 6.45) is 7.55. The summed E-state index contributed by atoms with van der Waals surface area (Å²) in [4.78, 5) is 11.1. The second kappa shape index (κ2) is 6.69. The second-order valence-corrected chi connectivity index (χ2v) is 4.47. The Kier molecular flexibility index (Phi) is 5.53. The molecule has 1 fully saturated rings. The lowest BCUT2D eigenvalue weighted by Crippen LogP contribution is -2.36. The van der Waals surface area contributed by atoms with Crippen molar-refractivity contribution in [2.45, 2.75) is 45.6 Å². The highest BCUT2D eigenvalue weighted by atomic mass is 16.5. The van der Waals surface area contributed by atoms with Gasteiger partial charge in [0.05, 0.1) is 18.6 Å². The van der Waals surface area contributed by atoms with Gasteiger partial charge in [-0.2, -0.15) is 0 Å². The number of aliphatic carboxylic acids is 1. The van der Waals surface area contributed by atoms with Crippen molar-refractivity contribution in [1.82, 2.24) is 0 Å². The normalized spacial score (nSPS) is 30.8. The van der Waals surface area contributed by atoms with E-state index in [1.165, 1.54) is 0 Å². The van der Waals surface area contributed by atoms with Crippen LogP contribution in [-0.4, -0.2) is 23.8 Å². The van der Waals surface area contributed by atoms with Crippen LogP contribution < -0.4 is 0 Å². The first kappa shape index (κ1) is 13.2. The predicted molar refractivity (Wildman–Crippen MR) is 63.3 cm³/mol. The van der Waals surface area contributed by atoms with Crippen LogP contribution in [0.1, 0.15) is 39.5 Å². The summed E-state index contributed by atoms with van der Waals surface area (Å²) < 4.78 is 5.66. The molecule has 0 heterocycles. The second-order valence-electron chi connectivity index (χ2n) is 4.47. The standard InChI is InChI=1S/C13H22O3/c1-3-5-8-16-12-9-10(4-2)6-7-11(12)13(14)15/h3,5,10-12H,4,6-9H2,1-2H3,(H,14,15). The van der Waals surface area contributed by atoms with E-state index in [2.05, 4.69) is 6.92 Å². The van der Waals surface area contributed by atoms with Crippen molar-refractivity contribution < 1.29 is 14.6 Å². The number of hydrogen-bond acceptors (Lipinski definition) is 2. The van der Waals surface area contributed by atoms with Crippen LogP contribution in [0.3, 0.4) is 0 Å². The maximum absolute atomic E-state index is 11.1. The summed E-state index contributed by atoms with van der Waals surface area (Å²) in [6.45, 7) is 4.63. The highest BCUT2D eigenvalue weighted by Crippen LogP contribution is 2.33. The van der Waals surface area contributed by atoms with E-state index >= 15 is 0 Å². The highest BCUT2D eigenvalue weighted by Gasteiger charge is 2.34. The summed E-state index contributed by atoms with van der Waals surface area (Å²) >= 11 is 0. The summed E-state index contributed by atoms with van der Waals surface area (Å²) in [6, 6.07) is 0. The molecule has 0 aromatic carbocycles. The van der Waals surface area contributed by atoms with Crippen LogP contribution in [0.2, 0.25) is 0 Å². The molecule has 1 rings (SSSR count). The molecule has 1 saturated carbocycles. The Morgan fingerprint density at radius 3 is 2.81 bits per heavy atom. The van der Waals surface area contributed by atoms with Crippen LogP contribution in [0.5, 0.6) is 0 Å². The van der Waals surface area contributed by atoms with E-state index < -0.39 is 5.97 Å². The third-order valence-corrected chi connectivity index (χ3v) is 3.44. The average Bonchev–Trinajstić information content (AvgIpc) is 2.29. The van der Waals surface area contributed by atoms with Crippen molar-refractivity contribution in [2.24, 2.45) is 11.8 Å². The van der Waals surface area contributed by atoms with Gasteiger partial charge in [-0.15, -0.1) is 0 Å². The fourth-order valence-electron chi connectivity index (χ4n) is 2.32. The van der Waals surface area contributed by atoms with Gasteiger partial charge in [0.2, 0.25) is 0 Å². The molecule has 0 radical (unpaired) electrons. The van der Waals surface area contributed by atoms with Gasteiger partial charge >= 0.3 is 5.97 Å². The van der Waals surface area contributed by atoms with Crippen LogP contribution in [-0.2, 0) is 9.53 Å². The summed E-state index contributed by atoms with van der Waals surface area (Å²) in [5, 5.41) is 9.13. The third-order valence-electron chi connectivity index (χ3n) is 3.44. The van der Waals surface area contributed by atoms with Crippen LogP contribution in [0.15, 0.2) is 12.2 Å². The molecular formula is C13H22O3. The van der Waals surface area contributed by atoms with Crippen molar-refractivity contribution in [1.29, 1.82) is 0 Å². The van der Waals surface area contributed by atoms with E-state index in [9.17, 15) is 4.79 Å². The monoisotopic (exact) mass is 226 g/mol. The molecule has 16 heavy (non-hydrogen) atoms. The van der Waals surface area contributed by atoms with Crippen molar-refractivity contribution in [2.75, 3.05) is 6.61 Å². The molecule has 92 valence electrons. The molecule has 3 nitrogen and oxygen atoms in total. The topological polar surface area (TPSA) is 46.5 Å². The molecule has 0 saturated heterocycles. The van der Waals surface area contributed by atoms with Gasteiger partial charge in [0.25, 0.3) is 0 Å². The van der Waals surface area contributed by atoms with Crippen LogP contribution >= 0.6 is 0 Å². The fourth-order valence-corrected chi connectivity index (χ4v) is 2.32. The zero-order chi connectivity index (χ0) is 12.0. The lowest BCUT2D eigenvalue weighted by molar-refractivity contribution is -0.150. The Morgan fingerprint density at radius 2 is 2.25 bits per heavy atom. The molecule has 0 bridgehead atoms. The quantitative estimate of drug-likeness (QED) is 0.733. The number of ether oxygens (including phenoxy) is 1. The first-order valence-corrected chi connectivity index (χ1v) is 6.14. The molecule has 1 N–H and O–H groups in total. The van der Waals surface area contributed by atoms with Gasteiger partial charge in [0.1, 0.15) is 0 Å². The maximum Gasteiger partial charge on any atom is 0.309 e. The molecule has 0 amide bonds. The molecule has 0 aliphatic heterocycles. The van der Waals surface area contributed by atoms with Gasteiger partial charge < -0.3 is 9.84 Å². The molecule has 0 spiro atoms. The highest BCUT2D eigenvalue weighted by molar-refractivity contribution is 5.70. The SMILES string of the molecule is CC=CCOC1CC(CC)CCC1C(=O)O. The zero-order valence-electron chi connectivity index (χ0n) is 10.2. The number of carbonyl (C=O) groups is 1. The van der Waals surface area contributed by atoms with Crippen LogP contribution in [0.4, 0.5) is 0 Å². The minimum atomic E-state index is -0.708. The molecule has 1 aliphatic rings. The molecule has 3 heteroatoms. The minimum absolute atomic E-state index is 0.104. The zero-order valence-corrected chi connectivity index (χ0v) is 10.2. The number of rotatable bonds is 5. The maximum atomic E-state index is 11.1. The summed E-state index contributed by atoms with van der Waals surface area (Å²) in [7, 11) is 0. The van der Waals surface area contributed by atoms with E-state index in [0.717, 1.165) is 25.7 Å². The fraction of sp³-hybridized carbons (Fsp3) is 0.769. The Labute approximate surface area is 97.5 Å². The summed E-state index contributed by atoms with van der Waals surface area (Å²) in [5.41, 5.74) is 0. The Bertz CT molecular complexity index is 248. The lowest BCUT2D eigenvalue weighted by Gasteiger charge is -2.33. The number of allylic oxidation sites excluding steroid dienone is 1. The number of carboxylic acid groups (broad SMARTS) is 1. The van der Waals surface area contributed by atoms with Crippen LogP contribution in [0, 0.1) is 11.8 Å². The number of carboxylic acids is 1. The minimum Gasteiger partial charge on any atom is -0.481 e. The molecule has 1 aliphatic carbocycles. The van der Waals surface area contributed by atoms with Gasteiger partial charge in [-0.3, -0.25) is 4.79 Å². The molecule has 0 aromatic heterocycles. The molecular weight excluding hydrogens is 204 g/mol. The molecule has 3 atom stereocenters. The van der Waals surface area contributed by atoms with Gasteiger partial charge in [-0.05, 0) is 32.1 Å². The van der Waals surface area contributed by atoms with Gasteiger partial charge in [-0.25, -0.2) is 0 Å². The van der Waals surface area contributed by atoms with E-state index in [-0.39, 0.29) is 12.0 Å². The molecule has 3 unspecified atom stereocenters. The van der Waals surface area contributed by atoms with E-state index in [1.54, 1.807) is 0 Å².